The zero-order valence-corrected chi connectivity index (χ0v) is 14.3. The van der Waals surface area contributed by atoms with Crippen LogP contribution in [0.5, 0.6) is 0 Å². The van der Waals surface area contributed by atoms with Crippen LogP contribution in [0.1, 0.15) is 18.4 Å². The second kappa shape index (κ2) is 6.32. The molecule has 0 amide bonds. The van der Waals surface area contributed by atoms with Crippen LogP contribution in [0.4, 0.5) is 5.82 Å². The van der Waals surface area contributed by atoms with E-state index in [1.54, 1.807) is 0 Å². The number of likely N-dealkylation sites (tertiary alicyclic amines) is 1. The molecule has 0 spiro atoms. The SMILES string of the molecule is CN1CCC(N(C)c2nc3ccccc3cc2CBr)CC1. The second-order valence-electron chi connectivity index (χ2n) is 5.94. The quantitative estimate of drug-likeness (QED) is 0.789. The summed E-state index contributed by atoms with van der Waals surface area (Å²) >= 11 is 3.62. The Balaban J connectivity index is 1.94. The fourth-order valence-corrected chi connectivity index (χ4v) is 3.52. The number of fused-ring (bicyclic) bond motifs is 1. The molecular weight excluding hydrogens is 326 g/mol. The average Bonchev–Trinajstić information content (AvgIpc) is 2.53. The van der Waals surface area contributed by atoms with Crippen molar-refractivity contribution in [2.45, 2.75) is 24.2 Å². The normalized spacial score (nSPS) is 17.3. The average molecular weight is 348 g/mol. The van der Waals surface area contributed by atoms with Gasteiger partial charge in [-0.2, -0.15) is 0 Å². The smallest absolute Gasteiger partial charge is 0.133 e. The van der Waals surface area contributed by atoms with Gasteiger partial charge in [0.1, 0.15) is 5.82 Å². The number of anilines is 1. The van der Waals surface area contributed by atoms with Gasteiger partial charge >= 0.3 is 0 Å². The molecule has 1 aliphatic rings. The number of rotatable bonds is 3. The molecule has 0 N–H and O–H groups in total. The zero-order chi connectivity index (χ0) is 14.8. The molecule has 3 nitrogen and oxygen atoms in total. The van der Waals surface area contributed by atoms with E-state index in [9.17, 15) is 0 Å². The molecular formula is C17H22BrN3. The summed E-state index contributed by atoms with van der Waals surface area (Å²) in [6, 6.07) is 11.2. The molecule has 1 saturated heterocycles. The van der Waals surface area contributed by atoms with E-state index >= 15 is 0 Å². The molecule has 1 aliphatic heterocycles. The van der Waals surface area contributed by atoms with Crippen molar-refractivity contribution < 1.29 is 0 Å². The summed E-state index contributed by atoms with van der Waals surface area (Å²) in [6.07, 6.45) is 2.42. The highest BCUT2D eigenvalue weighted by Gasteiger charge is 2.23. The first-order valence-electron chi connectivity index (χ1n) is 7.55. The maximum absolute atomic E-state index is 4.92. The third kappa shape index (κ3) is 3.06. The Bertz CT molecular complexity index is 620. The van der Waals surface area contributed by atoms with E-state index in [4.69, 9.17) is 4.98 Å². The Kier molecular flexibility index (Phi) is 4.45. The van der Waals surface area contributed by atoms with Crippen LogP contribution in [0.3, 0.4) is 0 Å². The second-order valence-corrected chi connectivity index (χ2v) is 6.50. The number of halogens is 1. The highest BCUT2D eigenvalue weighted by atomic mass is 79.9. The molecule has 0 aliphatic carbocycles. The van der Waals surface area contributed by atoms with Gasteiger partial charge in [-0.25, -0.2) is 4.98 Å². The summed E-state index contributed by atoms with van der Waals surface area (Å²) < 4.78 is 0. The molecule has 3 rings (SSSR count). The van der Waals surface area contributed by atoms with Crippen LogP contribution in [0.2, 0.25) is 0 Å². The minimum Gasteiger partial charge on any atom is -0.356 e. The molecule has 1 fully saturated rings. The van der Waals surface area contributed by atoms with Gasteiger partial charge in [-0.3, -0.25) is 0 Å². The van der Waals surface area contributed by atoms with Crippen molar-refractivity contribution in [1.29, 1.82) is 0 Å². The summed E-state index contributed by atoms with van der Waals surface area (Å²) in [5, 5.41) is 2.06. The number of nitrogens with zero attached hydrogens (tertiary/aromatic N) is 3. The van der Waals surface area contributed by atoms with Gasteiger partial charge in [0.2, 0.25) is 0 Å². The molecule has 2 heterocycles. The predicted octanol–water partition coefficient (Wildman–Crippen LogP) is 3.66. The summed E-state index contributed by atoms with van der Waals surface area (Å²) in [7, 11) is 4.40. The van der Waals surface area contributed by atoms with Gasteiger partial charge in [-0.15, -0.1) is 0 Å². The highest BCUT2D eigenvalue weighted by Crippen LogP contribution is 2.28. The topological polar surface area (TPSA) is 19.4 Å². The Morgan fingerprint density at radius 3 is 2.71 bits per heavy atom. The lowest BCUT2D eigenvalue weighted by molar-refractivity contribution is 0.252. The molecule has 0 saturated carbocycles. The number of hydrogen-bond acceptors (Lipinski definition) is 3. The first-order chi connectivity index (χ1) is 10.2. The first kappa shape index (κ1) is 14.8. The van der Waals surface area contributed by atoms with Crippen molar-refractivity contribution in [3.63, 3.8) is 0 Å². The van der Waals surface area contributed by atoms with Gasteiger partial charge in [0, 0.05) is 29.4 Å². The largest absolute Gasteiger partial charge is 0.356 e. The van der Waals surface area contributed by atoms with E-state index in [1.165, 1.54) is 36.9 Å². The lowest BCUT2D eigenvalue weighted by Gasteiger charge is -2.36. The summed E-state index contributed by atoms with van der Waals surface area (Å²) in [6.45, 7) is 2.35. The lowest BCUT2D eigenvalue weighted by atomic mass is 10.0. The minimum absolute atomic E-state index is 0.590. The van der Waals surface area contributed by atoms with Gasteiger partial charge in [0.25, 0.3) is 0 Å². The van der Waals surface area contributed by atoms with Crippen LogP contribution in [-0.2, 0) is 5.33 Å². The minimum atomic E-state index is 0.590. The number of benzene rings is 1. The molecule has 1 aromatic carbocycles. The van der Waals surface area contributed by atoms with Gasteiger partial charge in [0.05, 0.1) is 5.52 Å². The van der Waals surface area contributed by atoms with Crippen molar-refractivity contribution in [1.82, 2.24) is 9.88 Å². The van der Waals surface area contributed by atoms with E-state index in [0.29, 0.717) is 6.04 Å². The van der Waals surface area contributed by atoms with Gasteiger partial charge in [-0.05, 0) is 45.1 Å². The summed E-state index contributed by atoms with van der Waals surface area (Å²) in [5.41, 5.74) is 2.35. The molecule has 112 valence electrons. The van der Waals surface area contributed by atoms with Crippen molar-refractivity contribution in [2.24, 2.45) is 0 Å². The van der Waals surface area contributed by atoms with Gasteiger partial charge in [-0.1, -0.05) is 34.1 Å². The number of para-hydroxylation sites is 1. The lowest BCUT2D eigenvalue weighted by Crippen LogP contribution is -2.42. The third-order valence-electron chi connectivity index (χ3n) is 4.49. The van der Waals surface area contributed by atoms with E-state index < -0.39 is 0 Å². The number of pyridine rings is 1. The first-order valence-corrected chi connectivity index (χ1v) is 8.67. The van der Waals surface area contributed by atoms with Gasteiger partial charge in [0.15, 0.2) is 0 Å². The van der Waals surface area contributed by atoms with Crippen LogP contribution in [0.25, 0.3) is 10.9 Å². The Hall–Kier alpha value is -1.13. The molecule has 0 unspecified atom stereocenters. The van der Waals surface area contributed by atoms with Crippen LogP contribution < -0.4 is 4.90 Å². The van der Waals surface area contributed by atoms with Crippen molar-refractivity contribution >= 4 is 32.7 Å². The molecule has 0 bridgehead atoms. The van der Waals surface area contributed by atoms with Crippen LogP contribution in [0.15, 0.2) is 30.3 Å². The van der Waals surface area contributed by atoms with Crippen LogP contribution in [-0.4, -0.2) is 43.1 Å². The maximum Gasteiger partial charge on any atom is 0.133 e. The Morgan fingerprint density at radius 1 is 1.29 bits per heavy atom. The standard InChI is InChI=1S/C17H22BrN3/c1-20-9-7-15(8-10-20)21(2)17-14(12-18)11-13-5-3-4-6-16(13)19-17/h3-6,11,15H,7-10,12H2,1-2H3. The maximum atomic E-state index is 4.92. The Labute approximate surface area is 135 Å². The highest BCUT2D eigenvalue weighted by molar-refractivity contribution is 9.08. The fraction of sp³-hybridized carbons (Fsp3) is 0.471. The molecule has 21 heavy (non-hydrogen) atoms. The third-order valence-corrected chi connectivity index (χ3v) is 5.10. The van der Waals surface area contributed by atoms with Crippen molar-refractivity contribution in [3.05, 3.63) is 35.9 Å². The van der Waals surface area contributed by atoms with Crippen molar-refractivity contribution in [3.8, 4) is 0 Å². The van der Waals surface area contributed by atoms with E-state index in [1.807, 2.05) is 0 Å². The number of alkyl halides is 1. The number of aromatic nitrogens is 1. The zero-order valence-electron chi connectivity index (χ0n) is 12.7. The van der Waals surface area contributed by atoms with Crippen LogP contribution >= 0.6 is 15.9 Å². The molecule has 2 aromatic rings. The van der Waals surface area contributed by atoms with Gasteiger partial charge < -0.3 is 9.80 Å². The summed E-state index contributed by atoms with van der Waals surface area (Å²) in [5.74, 6) is 1.13. The predicted molar refractivity (Wildman–Crippen MR) is 93.3 cm³/mol. The Morgan fingerprint density at radius 2 is 2.00 bits per heavy atom. The molecule has 4 heteroatoms. The summed E-state index contributed by atoms with van der Waals surface area (Å²) in [4.78, 5) is 9.71. The number of piperidine rings is 1. The monoisotopic (exact) mass is 347 g/mol. The van der Waals surface area contributed by atoms with E-state index in [2.05, 4.69) is 70.2 Å². The number of hydrogen-bond donors (Lipinski definition) is 0. The molecule has 1 aromatic heterocycles. The van der Waals surface area contributed by atoms with E-state index in [-0.39, 0.29) is 0 Å². The van der Waals surface area contributed by atoms with Crippen LogP contribution in [0, 0.1) is 0 Å². The molecule has 0 radical (unpaired) electrons. The van der Waals surface area contributed by atoms with Crippen molar-refractivity contribution in [2.75, 3.05) is 32.1 Å². The molecule has 0 atom stereocenters. The van der Waals surface area contributed by atoms with E-state index in [0.717, 1.165) is 16.7 Å². The fourth-order valence-electron chi connectivity index (χ4n) is 3.11.